The lowest BCUT2D eigenvalue weighted by molar-refractivity contribution is 0.0639. The Bertz CT molecular complexity index is 439. The zero-order valence-electron chi connectivity index (χ0n) is 9.75. The first kappa shape index (κ1) is 11.8. The first-order valence-electron chi connectivity index (χ1n) is 5.71. The van der Waals surface area contributed by atoms with Crippen molar-refractivity contribution in [2.24, 2.45) is 5.73 Å². The van der Waals surface area contributed by atoms with Gasteiger partial charge >= 0.3 is 0 Å². The maximum absolute atomic E-state index is 5.59. The average Bonchev–Trinajstić information content (AvgIpc) is 2.79. The highest BCUT2D eigenvalue weighted by Gasteiger charge is 1.97. The van der Waals surface area contributed by atoms with Crippen molar-refractivity contribution in [1.29, 1.82) is 0 Å². The average molecular weight is 231 g/mol. The molecule has 0 amide bonds. The molecule has 0 saturated carbocycles. The van der Waals surface area contributed by atoms with Crippen LogP contribution in [-0.4, -0.2) is 16.1 Å². The van der Waals surface area contributed by atoms with Crippen LogP contribution in [0.5, 0.6) is 0 Å². The van der Waals surface area contributed by atoms with E-state index in [1.165, 1.54) is 5.56 Å². The van der Waals surface area contributed by atoms with Gasteiger partial charge in [0.2, 0.25) is 0 Å². The third kappa shape index (κ3) is 3.69. The van der Waals surface area contributed by atoms with Crippen LogP contribution in [0.15, 0.2) is 42.9 Å². The van der Waals surface area contributed by atoms with Crippen LogP contribution in [-0.2, 0) is 24.5 Å². The Hall–Kier alpha value is -1.65. The van der Waals surface area contributed by atoms with E-state index in [4.69, 9.17) is 10.5 Å². The molecule has 17 heavy (non-hydrogen) atoms. The normalized spacial score (nSPS) is 10.6. The van der Waals surface area contributed by atoms with Crippen molar-refractivity contribution >= 4 is 0 Å². The summed E-state index contributed by atoms with van der Waals surface area (Å²) in [5, 5.41) is 0. The van der Waals surface area contributed by atoms with Crippen LogP contribution in [0, 0.1) is 0 Å². The fourth-order valence-corrected chi connectivity index (χ4v) is 1.60. The molecule has 0 spiro atoms. The van der Waals surface area contributed by atoms with E-state index in [2.05, 4.69) is 4.98 Å². The smallest absolute Gasteiger partial charge is 0.124 e. The number of benzene rings is 1. The second kappa shape index (κ2) is 6.18. The molecule has 0 unspecified atom stereocenters. The molecule has 2 N–H and O–H groups in total. The molecular weight excluding hydrogens is 214 g/mol. The molecule has 0 radical (unpaired) electrons. The first-order chi connectivity index (χ1) is 8.38. The van der Waals surface area contributed by atoms with E-state index < -0.39 is 0 Å². The molecule has 0 atom stereocenters. The third-order valence-electron chi connectivity index (χ3n) is 2.44. The molecule has 90 valence electrons. The lowest BCUT2D eigenvalue weighted by Crippen LogP contribution is -2.03. The van der Waals surface area contributed by atoms with E-state index in [1.54, 1.807) is 6.33 Å². The van der Waals surface area contributed by atoms with Gasteiger partial charge in [-0.1, -0.05) is 30.3 Å². The van der Waals surface area contributed by atoms with Gasteiger partial charge in [-0.05, 0) is 12.1 Å². The molecule has 2 rings (SSSR count). The van der Waals surface area contributed by atoms with E-state index in [1.807, 2.05) is 41.1 Å². The molecule has 0 saturated heterocycles. The zero-order chi connectivity index (χ0) is 11.9. The van der Waals surface area contributed by atoms with Crippen LogP contribution >= 0.6 is 0 Å². The van der Waals surface area contributed by atoms with Crippen molar-refractivity contribution in [3.63, 3.8) is 0 Å². The Labute approximate surface area is 101 Å². The molecule has 0 aliphatic heterocycles. The summed E-state index contributed by atoms with van der Waals surface area (Å²) in [5.74, 6) is 0. The first-order valence-corrected chi connectivity index (χ1v) is 5.71. The van der Waals surface area contributed by atoms with E-state index >= 15 is 0 Å². The van der Waals surface area contributed by atoms with Crippen molar-refractivity contribution in [1.82, 2.24) is 9.55 Å². The molecule has 2 aromatic rings. The Morgan fingerprint density at radius 3 is 2.82 bits per heavy atom. The van der Waals surface area contributed by atoms with E-state index in [0.29, 0.717) is 19.9 Å². The molecule has 0 bridgehead atoms. The molecule has 4 nitrogen and oxygen atoms in total. The molecule has 4 heteroatoms. The number of aromatic nitrogens is 2. The highest BCUT2D eigenvalue weighted by molar-refractivity contribution is 5.13. The standard InChI is InChI=1S/C13H17N3O/c14-7-6-13-8-16(10-15-13)11-17-9-12-4-2-1-3-5-12/h1-5,8,10H,6-7,9,11,14H2. The highest BCUT2D eigenvalue weighted by atomic mass is 16.5. The number of ether oxygens (including phenoxy) is 1. The minimum absolute atomic E-state index is 0.520. The quantitative estimate of drug-likeness (QED) is 0.820. The number of rotatable bonds is 6. The predicted molar refractivity (Wildman–Crippen MR) is 66.2 cm³/mol. The predicted octanol–water partition coefficient (Wildman–Crippen LogP) is 1.56. The van der Waals surface area contributed by atoms with Crippen molar-refractivity contribution in [3.05, 3.63) is 54.1 Å². The lowest BCUT2D eigenvalue weighted by Gasteiger charge is -2.04. The van der Waals surface area contributed by atoms with Gasteiger partial charge in [-0.2, -0.15) is 0 Å². The molecule has 0 aliphatic carbocycles. The van der Waals surface area contributed by atoms with Crippen LogP contribution in [0.3, 0.4) is 0 Å². The molecular formula is C13H17N3O. The van der Waals surface area contributed by atoms with Gasteiger partial charge in [-0.25, -0.2) is 4.98 Å². The van der Waals surface area contributed by atoms with E-state index in [0.717, 1.165) is 12.1 Å². The Kier molecular flexibility index (Phi) is 4.30. The van der Waals surface area contributed by atoms with Crippen molar-refractivity contribution < 1.29 is 4.74 Å². The van der Waals surface area contributed by atoms with E-state index in [9.17, 15) is 0 Å². The Balaban J connectivity index is 1.78. The Morgan fingerprint density at radius 2 is 2.06 bits per heavy atom. The molecule has 1 aromatic carbocycles. The summed E-state index contributed by atoms with van der Waals surface area (Å²) in [7, 11) is 0. The van der Waals surface area contributed by atoms with Crippen molar-refractivity contribution in [2.45, 2.75) is 19.8 Å². The van der Waals surface area contributed by atoms with Crippen molar-refractivity contribution in [2.75, 3.05) is 6.54 Å². The van der Waals surface area contributed by atoms with Gasteiger partial charge in [-0.3, -0.25) is 0 Å². The number of nitrogens with two attached hydrogens (primary N) is 1. The maximum Gasteiger partial charge on any atom is 0.124 e. The van der Waals surface area contributed by atoms with Crippen LogP contribution in [0.4, 0.5) is 0 Å². The topological polar surface area (TPSA) is 53.1 Å². The fraction of sp³-hybridized carbons (Fsp3) is 0.308. The molecule has 0 fully saturated rings. The summed E-state index contributed by atoms with van der Waals surface area (Å²) in [6.45, 7) is 1.76. The number of hydrogen-bond acceptors (Lipinski definition) is 3. The van der Waals surface area contributed by atoms with Gasteiger partial charge in [0, 0.05) is 12.6 Å². The number of nitrogens with zero attached hydrogens (tertiary/aromatic N) is 2. The number of hydrogen-bond donors (Lipinski definition) is 1. The highest BCUT2D eigenvalue weighted by Crippen LogP contribution is 2.02. The SMILES string of the molecule is NCCc1cn(COCc2ccccc2)cn1. The number of imidazole rings is 1. The largest absolute Gasteiger partial charge is 0.356 e. The summed E-state index contributed by atoms with van der Waals surface area (Å²) in [6, 6.07) is 10.1. The molecule has 1 heterocycles. The summed E-state index contributed by atoms with van der Waals surface area (Å²) < 4.78 is 7.51. The fourth-order valence-electron chi connectivity index (χ4n) is 1.60. The second-order valence-electron chi connectivity index (χ2n) is 3.88. The maximum atomic E-state index is 5.59. The third-order valence-corrected chi connectivity index (χ3v) is 2.44. The van der Waals surface area contributed by atoms with Crippen LogP contribution in [0.2, 0.25) is 0 Å². The van der Waals surface area contributed by atoms with Gasteiger partial charge in [-0.15, -0.1) is 0 Å². The van der Waals surface area contributed by atoms with E-state index in [-0.39, 0.29) is 0 Å². The zero-order valence-corrected chi connectivity index (χ0v) is 9.75. The van der Waals surface area contributed by atoms with Gasteiger partial charge in [0.15, 0.2) is 0 Å². The van der Waals surface area contributed by atoms with Gasteiger partial charge in [0.25, 0.3) is 0 Å². The van der Waals surface area contributed by atoms with Gasteiger partial charge < -0.3 is 15.0 Å². The van der Waals surface area contributed by atoms with Crippen LogP contribution in [0.25, 0.3) is 0 Å². The Morgan fingerprint density at radius 1 is 1.24 bits per heavy atom. The monoisotopic (exact) mass is 231 g/mol. The minimum atomic E-state index is 0.520. The van der Waals surface area contributed by atoms with Crippen LogP contribution in [0.1, 0.15) is 11.3 Å². The summed E-state index contributed by atoms with van der Waals surface area (Å²) in [6.07, 6.45) is 4.56. The summed E-state index contributed by atoms with van der Waals surface area (Å²) in [4.78, 5) is 4.23. The minimum Gasteiger partial charge on any atom is -0.356 e. The van der Waals surface area contributed by atoms with Crippen molar-refractivity contribution in [3.8, 4) is 0 Å². The molecule has 0 aliphatic rings. The van der Waals surface area contributed by atoms with Crippen LogP contribution < -0.4 is 5.73 Å². The summed E-state index contributed by atoms with van der Waals surface area (Å²) >= 11 is 0. The van der Waals surface area contributed by atoms with Gasteiger partial charge in [0.1, 0.15) is 6.73 Å². The second-order valence-corrected chi connectivity index (χ2v) is 3.88. The molecule has 1 aromatic heterocycles. The summed E-state index contributed by atoms with van der Waals surface area (Å²) in [5.41, 5.74) is 7.65. The lowest BCUT2D eigenvalue weighted by atomic mass is 10.2. The van der Waals surface area contributed by atoms with Gasteiger partial charge in [0.05, 0.1) is 18.6 Å².